The average molecular weight is 269 g/mol. The van der Waals surface area contributed by atoms with Gasteiger partial charge >= 0.3 is 0 Å². The van der Waals surface area contributed by atoms with Gasteiger partial charge in [0.25, 0.3) is 5.91 Å². The van der Waals surface area contributed by atoms with Crippen molar-refractivity contribution in [1.82, 2.24) is 20.5 Å². The minimum atomic E-state index is -0.223. The lowest BCUT2D eigenvalue weighted by molar-refractivity contribution is 0.0949. The molecule has 0 atom stereocenters. The zero-order valence-electron chi connectivity index (χ0n) is 9.14. The molecule has 0 saturated heterocycles. The van der Waals surface area contributed by atoms with Gasteiger partial charge in [-0.3, -0.25) is 4.79 Å². The van der Waals surface area contributed by atoms with Crippen LogP contribution < -0.4 is 10.6 Å². The molecule has 8 heteroatoms. The molecule has 2 N–H and O–H groups in total. The summed E-state index contributed by atoms with van der Waals surface area (Å²) in [5.41, 5.74) is 2.58. The van der Waals surface area contributed by atoms with E-state index >= 15 is 0 Å². The summed E-state index contributed by atoms with van der Waals surface area (Å²) in [6.07, 6.45) is 0. The predicted octanol–water partition coefficient (Wildman–Crippen LogP) is 1.36. The molecule has 0 spiro atoms. The number of rotatable bonds is 5. The van der Waals surface area contributed by atoms with Crippen molar-refractivity contribution in [2.75, 3.05) is 11.9 Å². The van der Waals surface area contributed by atoms with Gasteiger partial charge in [-0.25, -0.2) is 4.98 Å². The van der Waals surface area contributed by atoms with E-state index in [-0.39, 0.29) is 5.91 Å². The Kier molecular flexibility index (Phi) is 3.99. The molecule has 1 amide bonds. The van der Waals surface area contributed by atoms with Crippen molar-refractivity contribution in [2.24, 2.45) is 0 Å². The van der Waals surface area contributed by atoms with Gasteiger partial charge in [0, 0.05) is 11.9 Å². The summed E-state index contributed by atoms with van der Waals surface area (Å²) < 4.78 is 0. The summed E-state index contributed by atoms with van der Waals surface area (Å²) in [4.78, 5) is 15.8. The molecule has 2 heterocycles. The SMILES string of the molecule is CCNc1nnc(C(=O)NCc2cscn2)s1. The molecule has 0 saturated carbocycles. The van der Waals surface area contributed by atoms with Crippen LogP contribution in [0.3, 0.4) is 0 Å². The molecule has 0 unspecified atom stereocenters. The van der Waals surface area contributed by atoms with Crippen molar-refractivity contribution in [2.45, 2.75) is 13.5 Å². The minimum absolute atomic E-state index is 0.223. The lowest BCUT2D eigenvalue weighted by Gasteiger charge is -1.98. The molecule has 0 radical (unpaired) electrons. The van der Waals surface area contributed by atoms with Crippen molar-refractivity contribution < 1.29 is 4.79 Å². The predicted molar refractivity (Wildman–Crippen MR) is 67.4 cm³/mol. The Bertz CT molecular complexity index is 481. The third kappa shape index (κ3) is 3.21. The van der Waals surface area contributed by atoms with E-state index < -0.39 is 0 Å². The smallest absolute Gasteiger partial charge is 0.282 e. The Balaban J connectivity index is 1.90. The van der Waals surface area contributed by atoms with Crippen LogP contribution in [-0.2, 0) is 6.54 Å². The van der Waals surface area contributed by atoms with Gasteiger partial charge in [-0.1, -0.05) is 11.3 Å². The molecular formula is C9H11N5OS2. The maximum absolute atomic E-state index is 11.7. The van der Waals surface area contributed by atoms with Crippen LogP contribution in [-0.4, -0.2) is 27.6 Å². The summed E-state index contributed by atoms with van der Waals surface area (Å²) >= 11 is 2.74. The van der Waals surface area contributed by atoms with Crippen LogP contribution in [0.25, 0.3) is 0 Å². The maximum atomic E-state index is 11.7. The van der Waals surface area contributed by atoms with Crippen molar-refractivity contribution in [3.63, 3.8) is 0 Å². The van der Waals surface area contributed by atoms with Crippen LogP contribution in [0.15, 0.2) is 10.9 Å². The fraction of sp³-hybridized carbons (Fsp3) is 0.333. The first-order valence-corrected chi connectivity index (χ1v) is 6.78. The number of carbonyl (C=O) groups excluding carboxylic acids is 1. The number of anilines is 1. The van der Waals surface area contributed by atoms with Crippen molar-refractivity contribution in [3.8, 4) is 0 Å². The fourth-order valence-corrected chi connectivity index (χ4v) is 2.40. The van der Waals surface area contributed by atoms with E-state index in [1.54, 1.807) is 5.51 Å². The second kappa shape index (κ2) is 5.69. The van der Waals surface area contributed by atoms with Gasteiger partial charge in [0.05, 0.1) is 17.7 Å². The highest BCUT2D eigenvalue weighted by atomic mass is 32.1. The number of aromatic nitrogens is 3. The van der Waals surface area contributed by atoms with Crippen LogP contribution >= 0.6 is 22.7 Å². The van der Waals surface area contributed by atoms with Crippen molar-refractivity contribution in [1.29, 1.82) is 0 Å². The van der Waals surface area contributed by atoms with E-state index in [4.69, 9.17) is 0 Å². The standard InChI is InChI=1S/C9H11N5OS2/c1-2-10-9-14-13-8(17-9)7(15)11-3-6-4-16-5-12-6/h4-5H,2-3H2,1H3,(H,10,14)(H,11,15). The Labute approximate surface area is 106 Å². The maximum Gasteiger partial charge on any atom is 0.282 e. The summed E-state index contributed by atoms with van der Waals surface area (Å²) in [5, 5.41) is 16.3. The Morgan fingerprint density at radius 2 is 2.35 bits per heavy atom. The zero-order valence-corrected chi connectivity index (χ0v) is 10.8. The van der Waals surface area contributed by atoms with Crippen LogP contribution in [0.1, 0.15) is 22.4 Å². The van der Waals surface area contributed by atoms with E-state index in [9.17, 15) is 4.79 Å². The molecule has 0 aliphatic rings. The molecule has 0 aliphatic heterocycles. The molecule has 0 bridgehead atoms. The molecule has 90 valence electrons. The van der Waals surface area contributed by atoms with Gasteiger partial charge in [-0.15, -0.1) is 21.5 Å². The first-order valence-electron chi connectivity index (χ1n) is 5.02. The normalized spacial score (nSPS) is 10.2. The number of thiazole rings is 1. The van der Waals surface area contributed by atoms with Crippen LogP contribution in [0, 0.1) is 0 Å². The largest absolute Gasteiger partial charge is 0.360 e. The summed E-state index contributed by atoms with van der Waals surface area (Å²) in [6.45, 7) is 3.14. The second-order valence-corrected chi connectivity index (χ2v) is 4.80. The van der Waals surface area contributed by atoms with Gasteiger partial charge in [-0.2, -0.15) is 0 Å². The number of amides is 1. The number of carbonyl (C=O) groups is 1. The average Bonchev–Trinajstić information content (AvgIpc) is 2.97. The number of nitrogens with zero attached hydrogens (tertiary/aromatic N) is 3. The second-order valence-electron chi connectivity index (χ2n) is 3.11. The molecule has 0 aliphatic carbocycles. The summed E-state index contributed by atoms with van der Waals surface area (Å²) in [5.74, 6) is -0.223. The Morgan fingerprint density at radius 1 is 1.47 bits per heavy atom. The zero-order chi connectivity index (χ0) is 12.1. The van der Waals surface area contributed by atoms with E-state index in [1.807, 2.05) is 12.3 Å². The van der Waals surface area contributed by atoms with E-state index in [2.05, 4.69) is 25.8 Å². The van der Waals surface area contributed by atoms with Gasteiger partial charge in [0.2, 0.25) is 10.1 Å². The van der Waals surface area contributed by atoms with E-state index in [0.29, 0.717) is 16.7 Å². The summed E-state index contributed by atoms with van der Waals surface area (Å²) in [6, 6.07) is 0. The lowest BCUT2D eigenvalue weighted by atomic mass is 10.5. The number of nitrogens with one attached hydrogen (secondary N) is 2. The fourth-order valence-electron chi connectivity index (χ4n) is 1.11. The van der Waals surface area contributed by atoms with Crippen LogP contribution in [0.2, 0.25) is 0 Å². The monoisotopic (exact) mass is 269 g/mol. The first-order chi connectivity index (χ1) is 8.29. The van der Waals surface area contributed by atoms with Gasteiger partial charge < -0.3 is 10.6 Å². The van der Waals surface area contributed by atoms with Gasteiger partial charge in [0.15, 0.2) is 0 Å². The lowest BCUT2D eigenvalue weighted by Crippen LogP contribution is -2.22. The third-order valence-electron chi connectivity index (χ3n) is 1.86. The van der Waals surface area contributed by atoms with Crippen LogP contribution in [0.5, 0.6) is 0 Å². The van der Waals surface area contributed by atoms with Gasteiger partial charge in [-0.05, 0) is 6.92 Å². The molecule has 0 fully saturated rings. The Hall–Kier alpha value is -1.54. The molecular weight excluding hydrogens is 258 g/mol. The molecule has 0 aromatic carbocycles. The van der Waals surface area contributed by atoms with Crippen molar-refractivity contribution in [3.05, 3.63) is 21.6 Å². The minimum Gasteiger partial charge on any atom is -0.360 e. The number of hydrogen-bond donors (Lipinski definition) is 2. The molecule has 6 nitrogen and oxygen atoms in total. The molecule has 2 rings (SSSR count). The van der Waals surface area contributed by atoms with Crippen LogP contribution in [0.4, 0.5) is 5.13 Å². The highest BCUT2D eigenvalue weighted by Gasteiger charge is 2.12. The topological polar surface area (TPSA) is 79.8 Å². The first kappa shape index (κ1) is 11.9. The van der Waals surface area contributed by atoms with Crippen molar-refractivity contribution >= 4 is 33.7 Å². The third-order valence-corrected chi connectivity index (χ3v) is 3.38. The van der Waals surface area contributed by atoms with E-state index in [1.165, 1.54) is 22.7 Å². The van der Waals surface area contributed by atoms with E-state index in [0.717, 1.165) is 12.2 Å². The molecule has 17 heavy (non-hydrogen) atoms. The van der Waals surface area contributed by atoms with Gasteiger partial charge in [0.1, 0.15) is 0 Å². The molecule has 2 aromatic rings. The Morgan fingerprint density at radius 3 is 3.06 bits per heavy atom. The number of hydrogen-bond acceptors (Lipinski definition) is 7. The quantitative estimate of drug-likeness (QED) is 0.856. The molecule has 2 aromatic heterocycles. The summed E-state index contributed by atoms with van der Waals surface area (Å²) in [7, 11) is 0. The highest BCUT2D eigenvalue weighted by Crippen LogP contribution is 2.14. The highest BCUT2D eigenvalue weighted by molar-refractivity contribution is 7.17.